The summed E-state index contributed by atoms with van der Waals surface area (Å²) in [6, 6.07) is 27.1. The fraction of sp³-hybridized carbons (Fsp3) is 0.435. The Morgan fingerprint density at radius 2 is 1.66 bits per heavy atom. The molecule has 0 aromatic heterocycles. The number of terminal acetylenes is 1. The Bertz CT molecular complexity index is 1580. The van der Waals surface area contributed by atoms with Crippen molar-refractivity contribution in [3.63, 3.8) is 0 Å². The average Bonchev–Trinajstić information content (AvgIpc) is 3.54. The fourth-order valence-corrected chi connectivity index (χ4v) is 8.68. The maximum atomic E-state index is 11.1. The van der Waals surface area contributed by atoms with Crippen LogP contribution in [0.1, 0.15) is 117 Å². The first kappa shape index (κ1) is 33.3. The quantitative estimate of drug-likeness (QED) is 0.157. The Labute approximate surface area is 284 Å². The van der Waals surface area contributed by atoms with E-state index in [1.807, 2.05) is 0 Å². The van der Waals surface area contributed by atoms with E-state index < -0.39 is 5.60 Å². The lowest BCUT2D eigenvalue weighted by Crippen LogP contribution is -2.31. The minimum atomic E-state index is -0.510. The summed E-state index contributed by atoms with van der Waals surface area (Å²) >= 11 is 0. The highest BCUT2D eigenvalue weighted by Gasteiger charge is 2.31. The number of aliphatic hydroxyl groups is 1. The average molecular weight is 623 g/mol. The lowest BCUT2D eigenvalue weighted by molar-refractivity contribution is -0.00343. The van der Waals surface area contributed by atoms with Crippen molar-refractivity contribution in [1.82, 2.24) is 0 Å². The van der Waals surface area contributed by atoms with E-state index in [-0.39, 0.29) is 0 Å². The zero-order valence-electron chi connectivity index (χ0n) is 28.6. The Hall–Kier alpha value is -3.60. The number of hydrogen-bond donors (Lipinski definition) is 1. The molecule has 1 heteroatoms. The van der Waals surface area contributed by atoms with Gasteiger partial charge in [0.15, 0.2) is 0 Å². The first-order valence-corrected chi connectivity index (χ1v) is 18.4. The van der Waals surface area contributed by atoms with E-state index in [4.69, 9.17) is 13.0 Å². The van der Waals surface area contributed by atoms with Crippen LogP contribution in [0.4, 0.5) is 0 Å². The molecule has 0 amide bonds. The van der Waals surface area contributed by atoms with Crippen LogP contribution in [-0.2, 0) is 19.3 Å². The topological polar surface area (TPSA) is 20.2 Å². The number of benzene rings is 3. The van der Waals surface area contributed by atoms with E-state index in [1.54, 1.807) is 0 Å². The van der Waals surface area contributed by atoms with Gasteiger partial charge < -0.3 is 5.11 Å². The highest BCUT2D eigenvalue weighted by molar-refractivity contribution is 5.76. The molecule has 1 N–H and O–H groups in total. The molecule has 3 aromatic rings. The van der Waals surface area contributed by atoms with E-state index in [2.05, 4.69) is 104 Å². The SMILES string of the molecule is C#Cc1ccc(CC2CCC(C(C(=C)CCc3ccccc3)c3ccc(C4=CC(C)C=C4)cc3)CC2)cc1CCC1(O)CCCCC1. The molecular weight excluding hydrogens is 569 g/mol. The highest BCUT2D eigenvalue weighted by atomic mass is 16.3. The lowest BCUT2D eigenvalue weighted by atomic mass is 9.69. The predicted molar refractivity (Wildman–Crippen MR) is 199 cm³/mol. The molecule has 3 aromatic carbocycles. The van der Waals surface area contributed by atoms with Gasteiger partial charge >= 0.3 is 0 Å². The summed E-state index contributed by atoms with van der Waals surface area (Å²) in [6.07, 6.45) is 28.1. The Morgan fingerprint density at radius 3 is 2.34 bits per heavy atom. The molecule has 6 rings (SSSR count). The standard InChI is InChI=1S/C46H54O/c1-4-39-20-18-38(33-44(39)27-30-46(47)28-9-6-10-29-46)32-37-16-21-41(22-17-37)45(35(3)14-15-36-11-7-5-8-12-36)42-25-23-40(24-26-42)43-19-13-34(2)31-43/h1,5,7-8,11-13,18-20,23-26,31,33-34,37,41,45,47H,3,6,9-10,14-17,21-22,27-30,32H2,2H3. The minimum Gasteiger partial charge on any atom is -0.390 e. The highest BCUT2D eigenvalue weighted by Crippen LogP contribution is 2.44. The molecule has 2 unspecified atom stereocenters. The maximum Gasteiger partial charge on any atom is 0.0651 e. The molecule has 0 heterocycles. The van der Waals surface area contributed by atoms with Gasteiger partial charge in [-0.05, 0) is 128 Å². The van der Waals surface area contributed by atoms with Gasteiger partial charge in [0.05, 0.1) is 5.60 Å². The molecule has 47 heavy (non-hydrogen) atoms. The van der Waals surface area contributed by atoms with E-state index in [9.17, 15) is 5.11 Å². The van der Waals surface area contributed by atoms with Crippen LogP contribution in [0.2, 0.25) is 0 Å². The van der Waals surface area contributed by atoms with Crippen LogP contribution >= 0.6 is 0 Å². The van der Waals surface area contributed by atoms with E-state index in [0.717, 1.165) is 63.4 Å². The molecule has 0 saturated heterocycles. The predicted octanol–water partition coefficient (Wildman–Crippen LogP) is 11.2. The van der Waals surface area contributed by atoms with Crippen LogP contribution in [0, 0.1) is 30.1 Å². The van der Waals surface area contributed by atoms with Gasteiger partial charge in [0.25, 0.3) is 0 Å². The van der Waals surface area contributed by atoms with Crippen LogP contribution in [0.15, 0.2) is 103 Å². The van der Waals surface area contributed by atoms with Crippen molar-refractivity contribution in [2.75, 3.05) is 0 Å². The molecule has 2 saturated carbocycles. The van der Waals surface area contributed by atoms with Gasteiger partial charge in [0.2, 0.25) is 0 Å². The summed E-state index contributed by atoms with van der Waals surface area (Å²) in [5.41, 5.74) is 9.99. The van der Waals surface area contributed by atoms with Gasteiger partial charge in [-0.2, -0.15) is 0 Å². The first-order valence-electron chi connectivity index (χ1n) is 18.4. The lowest BCUT2D eigenvalue weighted by Gasteiger charge is -2.36. The molecule has 0 bridgehead atoms. The summed E-state index contributed by atoms with van der Waals surface area (Å²) in [4.78, 5) is 0. The summed E-state index contributed by atoms with van der Waals surface area (Å²) in [7, 11) is 0. The van der Waals surface area contributed by atoms with Crippen molar-refractivity contribution in [3.8, 4) is 12.3 Å². The third-order valence-corrected chi connectivity index (χ3v) is 11.5. The third-order valence-electron chi connectivity index (χ3n) is 11.5. The van der Waals surface area contributed by atoms with Gasteiger partial charge in [-0.3, -0.25) is 0 Å². The summed E-state index contributed by atoms with van der Waals surface area (Å²) in [5.74, 6) is 5.15. The second-order valence-corrected chi connectivity index (χ2v) is 15.0. The molecule has 0 aliphatic heterocycles. The Kier molecular flexibility index (Phi) is 11.0. The van der Waals surface area contributed by atoms with Crippen LogP contribution in [0.5, 0.6) is 0 Å². The van der Waals surface area contributed by atoms with Crippen molar-refractivity contribution in [3.05, 3.63) is 137 Å². The van der Waals surface area contributed by atoms with E-state index >= 15 is 0 Å². The normalized spacial score (nSPS) is 22.7. The molecule has 2 atom stereocenters. The fourth-order valence-electron chi connectivity index (χ4n) is 8.68. The van der Waals surface area contributed by atoms with Gasteiger partial charge in [-0.25, -0.2) is 0 Å². The zero-order valence-corrected chi connectivity index (χ0v) is 28.6. The van der Waals surface area contributed by atoms with E-state index in [0.29, 0.717) is 23.7 Å². The van der Waals surface area contributed by atoms with Crippen molar-refractivity contribution < 1.29 is 5.11 Å². The van der Waals surface area contributed by atoms with Crippen LogP contribution < -0.4 is 0 Å². The van der Waals surface area contributed by atoms with Crippen LogP contribution in [0.25, 0.3) is 5.57 Å². The van der Waals surface area contributed by atoms with Crippen LogP contribution in [-0.4, -0.2) is 10.7 Å². The molecule has 0 spiro atoms. The zero-order chi connectivity index (χ0) is 32.6. The van der Waals surface area contributed by atoms with Crippen molar-refractivity contribution >= 4 is 5.57 Å². The van der Waals surface area contributed by atoms with E-state index in [1.165, 1.54) is 71.1 Å². The number of rotatable bonds is 12. The van der Waals surface area contributed by atoms with Gasteiger partial charge in [0, 0.05) is 11.5 Å². The largest absolute Gasteiger partial charge is 0.390 e. The summed E-state index contributed by atoms with van der Waals surface area (Å²) in [5, 5.41) is 11.1. The smallest absolute Gasteiger partial charge is 0.0651 e. The molecule has 1 nitrogen and oxygen atoms in total. The number of aryl methyl sites for hydroxylation is 2. The first-order chi connectivity index (χ1) is 22.9. The van der Waals surface area contributed by atoms with Gasteiger partial charge in [-0.15, -0.1) is 6.42 Å². The minimum absolute atomic E-state index is 0.396. The molecule has 2 fully saturated rings. The van der Waals surface area contributed by atoms with Gasteiger partial charge in [0.1, 0.15) is 0 Å². The Morgan fingerprint density at radius 1 is 0.915 bits per heavy atom. The maximum absolute atomic E-state index is 11.1. The van der Waals surface area contributed by atoms with Crippen molar-refractivity contribution in [2.45, 2.75) is 108 Å². The monoisotopic (exact) mass is 622 g/mol. The van der Waals surface area contributed by atoms with Crippen molar-refractivity contribution in [1.29, 1.82) is 0 Å². The second kappa shape index (κ2) is 15.5. The number of allylic oxidation sites excluding steroid dienone is 5. The molecule has 3 aliphatic carbocycles. The Balaban J connectivity index is 1.12. The van der Waals surface area contributed by atoms with Gasteiger partial charge in [-0.1, -0.05) is 129 Å². The van der Waals surface area contributed by atoms with Crippen molar-refractivity contribution in [2.24, 2.45) is 17.8 Å². The summed E-state index contributed by atoms with van der Waals surface area (Å²) < 4.78 is 0. The number of hydrogen-bond acceptors (Lipinski definition) is 1. The molecule has 0 radical (unpaired) electrons. The molecular formula is C46H54O. The van der Waals surface area contributed by atoms with Crippen LogP contribution in [0.3, 0.4) is 0 Å². The molecule has 3 aliphatic rings. The third kappa shape index (κ3) is 8.66. The summed E-state index contributed by atoms with van der Waals surface area (Å²) in [6.45, 7) is 6.99. The molecule has 244 valence electrons. The second-order valence-electron chi connectivity index (χ2n) is 15.0.